The molecule has 0 spiro atoms. The zero-order valence-corrected chi connectivity index (χ0v) is 14.4. The van der Waals surface area contributed by atoms with Crippen molar-refractivity contribution in [2.75, 3.05) is 13.2 Å². The molecule has 124 valence electrons. The van der Waals surface area contributed by atoms with Crippen molar-refractivity contribution >= 4 is 23.2 Å². The highest BCUT2D eigenvalue weighted by atomic mass is 35.5. The minimum atomic E-state index is -0.608. The van der Waals surface area contributed by atoms with E-state index in [9.17, 15) is 5.11 Å². The molecule has 0 saturated carbocycles. The Kier molecular flexibility index (Phi) is 6.78. The van der Waals surface area contributed by atoms with E-state index in [-0.39, 0.29) is 18.8 Å². The fraction of sp³-hybridized carbons (Fsp3) is 0.625. The Hall–Kier alpha value is -0.520. The minimum absolute atomic E-state index is 0.168. The van der Waals surface area contributed by atoms with Crippen molar-refractivity contribution in [1.82, 2.24) is 5.32 Å². The van der Waals surface area contributed by atoms with Crippen LogP contribution < -0.4 is 10.1 Å². The van der Waals surface area contributed by atoms with E-state index in [2.05, 4.69) is 19.2 Å². The zero-order chi connectivity index (χ0) is 16.1. The quantitative estimate of drug-likeness (QED) is 0.828. The van der Waals surface area contributed by atoms with Crippen molar-refractivity contribution in [2.24, 2.45) is 0 Å². The van der Waals surface area contributed by atoms with Crippen LogP contribution in [-0.4, -0.2) is 42.6 Å². The van der Waals surface area contributed by atoms with Gasteiger partial charge in [0.15, 0.2) is 0 Å². The average Bonchev–Trinajstić information content (AvgIpc) is 2.46. The standard InChI is InChI=1S/C16H23Cl2NO3/c1-10-6-12(7-11(2)22-10)19-8-13(20)9-21-15-5-3-4-14(17)16(15)18/h3-5,10-13,19-20H,6-9H2,1-2H3/t10-,11+,12?,13-/m1/s1. The molecule has 1 unspecified atom stereocenters. The van der Waals surface area contributed by atoms with Crippen molar-refractivity contribution < 1.29 is 14.6 Å². The maximum atomic E-state index is 10.0. The number of ether oxygens (including phenoxy) is 2. The Labute approximate surface area is 141 Å². The van der Waals surface area contributed by atoms with Crippen LogP contribution >= 0.6 is 23.2 Å². The Morgan fingerprint density at radius 2 is 2.00 bits per heavy atom. The number of benzene rings is 1. The van der Waals surface area contributed by atoms with Gasteiger partial charge in [-0.25, -0.2) is 0 Å². The Morgan fingerprint density at radius 1 is 1.32 bits per heavy atom. The molecule has 22 heavy (non-hydrogen) atoms. The van der Waals surface area contributed by atoms with E-state index in [0.717, 1.165) is 12.8 Å². The van der Waals surface area contributed by atoms with Crippen LogP contribution in [0.25, 0.3) is 0 Å². The third-order valence-corrected chi connectivity index (χ3v) is 4.49. The van der Waals surface area contributed by atoms with Gasteiger partial charge < -0.3 is 19.9 Å². The highest BCUT2D eigenvalue weighted by Gasteiger charge is 2.24. The fourth-order valence-electron chi connectivity index (χ4n) is 2.72. The summed E-state index contributed by atoms with van der Waals surface area (Å²) in [6.07, 6.45) is 1.80. The van der Waals surface area contributed by atoms with Crippen molar-refractivity contribution in [3.63, 3.8) is 0 Å². The first-order valence-corrected chi connectivity index (χ1v) is 8.35. The first-order valence-electron chi connectivity index (χ1n) is 7.59. The lowest BCUT2D eigenvalue weighted by Crippen LogP contribution is -2.44. The van der Waals surface area contributed by atoms with E-state index in [4.69, 9.17) is 32.7 Å². The summed E-state index contributed by atoms with van der Waals surface area (Å²) in [5.41, 5.74) is 0. The summed E-state index contributed by atoms with van der Waals surface area (Å²) >= 11 is 12.0. The summed E-state index contributed by atoms with van der Waals surface area (Å²) in [5, 5.41) is 14.2. The molecular formula is C16H23Cl2NO3. The Bertz CT molecular complexity index is 476. The van der Waals surface area contributed by atoms with Crippen molar-refractivity contribution in [3.8, 4) is 5.75 Å². The van der Waals surface area contributed by atoms with Gasteiger partial charge in [0.25, 0.3) is 0 Å². The van der Waals surface area contributed by atoms with Gasteiger partial charge in [0.2, 0.25) is 0 Å². The van der Waals surface area contributed by atoms with Gasteiger partial charge in [-0.15, -0.1) is 0 Å². The average molecular weight is 348 g/mol. The van der Waals surface area contributed by atoms with Gasteiger partial charge in [-0.05, 0) is 38.8 Å². The molecule has 0 aliphatic carbocycles. The maximum absolute atomic E-state index is 10.0. The monoisotopic (exact) mass is 347 g/mol. The first kappa shape index (κ1) is 17.8. The van der Waals surface area contributed by atoms with E-state index < -0.39 is 6.10 Å². The summed E-state index contributed by atoms with van der Waals surface area (Å²) in [6, 6.07) is 5.56. The van der Waals surface area contributed by atoms with Gasteiger partial charge >= 0.3 is 0 Å². The SMILES string of the molecule is C[C@@H]1CC(NC[C@@H](O)COc2cccc(Cl)c2Cl)C[C@H](C)O1. The third kappa shape index (κ3) is 5.28. The van der Waals surface area contributed by atoms with Crippen LogP contribution in [0.5, 0.6) is 5.75 Å². The molecule has 1 aromatic rings. The molecule has 1 aliphatic rings. The third-order valence-electron chi connectivity index (χ3n) is 3.69. The summed E-state index contributed by atoms with van der Waals surface area (Å²) in [5.74, 6) is 0.488. The molecule has 2 N–H and O–H groups in total. The summed E-state index contributed by atoms with van der Waals surface area (Å²) in [6.45, 7) is 4.79. The topological polar surface area (TPSA) is 50.7 Å². The molecule has 0 bridgehead atoms. The van der Waals surface area contributed by atoms with E-state index >= 15 is 0 Å². The highest BCUT2D eigenvalue weighted by Crippen LogP contribution is 2.31. The highest BCUT2D eigenvalue weighted by molar-refractivity contribution is 6.42. The Balaban J connectivity index is 1.74. The minimum Gasteiger partial charge on any atom is -0.489 e. The number of hydrogen-bond donors (Lipinski definition) is 2. The molecule has 1 aromatic carbocycles. The molecular weight excluding hydrogens is 325 g/mol. The maximum Gasteiger partial charge on any atom is 0.139 e. The molecule has 0 amide bonds. The van der Waals surface area contributed by atoms with Crippen LogP contribution in [0.4, 0.5) is 0 Å². The van der Waals surface area contributed by atoms with Crippen LogP contribution in [0.15, 0.2) is 18.2 Å². The molecule has 6 heteroatoms. The molecule has 1 saturated heterocycles. The summed E-state index contributed by atoms with van der Waals surface area (Å²) < 4.78 is 11.2. The second-order valence-electron chi connectivity index (χ2n) is 5.85. The molecule has 2 rings (SSSR count). The molecule has 1 aliphatic heterocycles. The summed E-state index contributed by atoms with van der Waals surface area (Å²) in [4.78, 5) is 0. The lowest BCUT2D eigenvalue weighted by Gasteiger charge is -2.33. The smallest absolute Gasteiger partial charge is 0.139 e. The van der Waals surface area contributed by atoms with Crippen LogP contribution in [0, 0.1) is 0 Å². The number of aliphatic hydroxyl groups excluding tert-OH is 1. The predicted molar refractivity (Wildman–Crippen MR) is 89.0 cm³/mol. The number of halogens is 2. The van der Waals surface area contributed by atoms with E-state index in [1.807, 2.05) is 0 Å². The van der Waals surface area contributed by atoms with Crippen LogP contribution in [0.2, 0.25) is 10.0 Å². The van der Waals surface area contributed by atoms with Crippen LogP contribution in [0.3, 0.4) is 0 Å². The molecule has 1 fully saturated rings. The van der Waals surface area contributed by atoms with Gasteiger partial charge in [-0.1, -0.05) is 29.3 Å². The zero-order valence-electron chi connectivity index (χ0n) is 12.9. The van der Waals surface area contributed by atoms with Gasteiger partial charge in [0.1, 0.15) is 23.5 Å². The lowest BCUT2D eigenvalue weighted by atomic mass is 10.00. The molecule has 0 aromatic heterocycles. The van der Waals surface area contributed by atoms with Gasteiger partial charge in [0.05, 0.1) is 17.2 Å². The van der Waals surface area contributed by atoms with Crippen LogP contribution in [0.1, 0.15) is 26.7 Å². The number of nitrogens with one attached hydrogen (secondary N) is 1. The van der Waals surface area contributed by atoms with Crippen LogP contribution in [-0.2, 0) is 4.74 Å². The second kappa shape index (κ2) is 8.37. The van der Waals surface area contributed by atoms with Gasteiger partial charge in [-0.3, -0.25) is 0 Å². The number of rotatable bonds is 6. The summed E-state index contributed by atoms with van der Waals surface area (Å²) in [7, 11) is 0. The largest absolute Gasteiger partial charge is 0.489 e. The van der Waals surface area contributed by atoms with Crippen molar-refractivity contribution in [3.05, 3.63) is 28.2 Å². The first-order chi connectivity index (χ1) is 10.5. The fourth-order valence-corrected chi connectivity index (χ4v) is 3.06. The normalized spacial score (nSPS) is 26.7. The molecule has 4 nitrogen and oxygen atoms in total. The van der Waals surface area contributed by atoms with Crippen molar-refractivity contribution in [1.29, 1.82) is 0 Å². The second-order valence-corrected chi connectivity index (χ2v) is 6.64. The molecule has 4 atom stereocenters. The van der Waals surface area contributed by atoms with Gasteiger partial charge in [0, 0.05) is 12.6 Å². The van der Waals surface area contributed by atoms with E-state index in [1.165, 1.54) is 0 Å². The number of aliphatic hydroxyl groups is 1. The predicted octanol–water partition coefficient (Wildman–Crippen LogP) is 3.28. The van der Waals surface area contributed by atoms with E-state index in [0.29, 0.717) is 28.4 Å². The molecule has 1 heterocycles. The Morgan fingerprint density at radius 3 is 2.68 bits per heavy atom. The lowest BCUT2D eigenvalue weighted by molar-refractivity contribution is -0.0437. The van der Waals surface area contributed by atoms with Crippen molar-refractivity contribution in [2.45, 2.75) is 51.0 Å². The number of hydrogen-bond acceptors (Lipinski definition) is 4. The van der Waals surface area contributed by atoms with E-state index in [1.54, 1.807) is 18.2 Å². The van der Waals surface area contributed by atoms with Gasteiger partial charge in [-0.2, -0.15) is 0 Å². The molecule has 0 radical (unpaired) electrons.